The first kappa shape index (κ1) is 34.8. The van der Waals surface area contributed by atoms with Crippen LogP contribution in [-0.2, 0) is 25.7 Å². The van der Waals surface area contributed by atoms with Crippen molar-refractivity contribution in [3.05, 3.63) is 34.6 Å². The van der Waals surface area contributed by atoms with Crippen LogP contribution in [0.5, 0.6) is 0 Å². The number of rotatable bonds is 23. The minimum Gasteiger partial charge on any atom is -0.466 e. The number of unbranched alkanes of at least 4 members (excludes halogenated alkanes) is 15. The lowest BCUT2D eigenvalue weighted by Crippen LogP contribution is -2.11. The first-order chi connectivity index (χ1) is 18.8. The average Bonchev–Trinajstić information content (AvgIpc) is 2.92. The Morgan fingerprint density at radius 3 is 1.31 bits per heavy atom. The molecule has 1 aromatic carbocycles. The molecular formula is C30H45F5O4. The Morgan fingerprint density at radius 2 is 0.846 bits per heavy atom. The fourth-order valence-electron chi connectivity index (χ4n) is 4.27. The van der Waals surface area contributed by atoms with Crippen LogP contribution in [0.2, 0.25) is 0 Å². The normalized spacial score (nSPS) is 11.1. The molecule has 0 aliphatic carbocycles. The molecule has 0 radical (unpaired) electrons. The molecule has 0 aromatic heterocycles. The third-order valence-electron chi connectivity index (χ3n) is 6.70. The van der Waals surface area contributed by atoms with Crippen molar-refractivity contribution in [2.45, 2.75) is 136 Å². The van der Waals surface area contributed by atoms with Crippen LogP contribution in [0.4, 0.5) is 22.0 Å². The molecule has 0 amide bonds. The zero-order valence-electron chi connectivity index (χ0n) is 23.4. The molecule has 39 heavy (non-hydrogen) atoms. The maximum absolute atomic E-state index is 13.6. The van der Waals surface area contributed by atoms with Gasteiger partial charge in [0.15, 0.2) is 23.3 Å². The highest BCUT2D eigenvalue weighted by atomic mass is 19.2. The van der Waals surface area contributed by atoms with Crippen LogP contribution in [0.15, 0.2) is 0 Å². The fourth-order valence-corrected chi connectivity index (χ4v) is 4.27. The molecule has 224 valence electrons. The molecule has 4 nitrogen and oxygen atoms in total. The number of carbonyl (C=O) groups excluding carboxylic acids is 2. The van der Waals surface area contributed by atoms with E-state index in [1.807, 2.05) is 0 Å². The maximum atomic E-state index is 13.6. The topological polar surface area (TPSA) is 52.6 Å². The van der Waals surface area contributed by atoms with Crippen molar-refractivity contribution in [1.82, 2.24) is 0 Å². The zero-order valence-corrected chi connectivity index (χ0v) is 23.4. The summed E-state index contributed by atoms with van der Waals surface area (Å²) in [6.07, 6.45) is 19.1. The van der Waals surface area contributed by atoms with Gasteiger partial charge in [0.05, 0.1) is 12.2 Å². The molecule has 1 rings (SSSR count). The van der Waals surface area contributed by atoms with Crippen molar-refractivity contribution in [3.63, 3.8) is 0 Å². The van der Waals surface area contributed by atoms with Gasteiger partial charge in [0, 0.05) is 12.8 Å². The van der Waals surface area contributed by atoms with Gasteiger partial charge < -0.3 is 9.47 Å². The lowest BCUT2D eigenvalue weighted by molar-refractivity contribution is -0.145. The summed E-state index contributed by atoms with van der Waals surface area (Å²) in [7, 11) is 0. The van der Waals surface area contributed by atoms with Gasteiger partial charge in [0.2, 0.25) is 5.82 Å². The molecule has 0 atom stereocenters. The van der Waals surface area contributed by atoms with Gasteiger partial charge in [0.25, 0.3) is 0 Å². The van der Waals surface area contributed by atoms with Crippen LogP contribution < -0.4 is 0 Å². The van der Waals surface area contributed by atoms with Gasteiger partial charge in [-0.05, 0) is 19.3 Å². The van der Waals surface area contributed by atoms with E-state index in [-0.39, 0.29) is 18.8 Å². The number of benzene rings is 1. The predicted octanol–water partition coefficient (Wildman–Crippen LogP) is 9.40. The Balaban J connectivity index is 1.95. The predicted molar refractivity (Wildman–Crippen MR) is 140 cm³/mol. The second-order valence-electron chi connectivity index (χ2n) is 10.1. The summed E-state index contributed by atoms with van der Waals surface area (Å²) in [5.41, 5.74) is -1.19. The van der Waals surface area contributed by atoms with Crippen LogP contribution in [0.3, 0.4) is 0 Å². The largest absolute Gasteiger partial charge is 0.466 e. The smallest absolute Gasteiger partial charge is 0.306 e. The summed E-state index contributed by atoms with van der Waals surface area (Å²) in [5.74, 6) is -11.6. The molecule has 0 N–H and O–H groups in total. The van der Waals surface area contributed by atoms with Crippen molar-refractivity contribution in [1.29, 1.82) is 0 Å². The summed E-state index contributed by atoms with van der Waals surface area (Å²) in [6.45, 7) is 1.58. The highest BCUT2D eigenvalue weighted by Crippen LogP contribution is 2.24. The Kier molecular flexibility index (Phi) is 19.3. The van der Waals surface area contributed by atoms with E-state index >= 15 is 0 Å². The van der Waals surface area contributed by atoms with Crippen molar-refractivity contribution in [3.8, 4) is 0 Å². The van der Waals surface area contributed by atoms with E-state index in [1.165, 1.54) is 70.6 Å². The molecule has 0 bridgehead atoms. The standard InChI is InChI=1S/C30H45F5O4/c1-2-3-4-5-6-7-8-9-10-11-12-13-14-18-21-38-24(36)19-16-15-17-20-25(37)39-22-23-26(31)28(33)30(35)29(34)27(23)32/h2-22H2,1H3. The molecule has 0 aliphatic heterocycles. The Bertz CT molecular complexity index is 818. The zero-order chi connectivity index (χ0) is 28.9. The lowest BCUT2D eigenvalue weighted by atomic mass is 10.0. The van der Waals surface area contributed by atoms with Crippen molar-refractivity contribution in [2.24, 2.45) is 0 Å². The van der Waals surface area contributed by atoms with Crippen LogP contribution in [-0.4, -0.2) is 18.5 Å². The Morgan fingerprint density at radius 1 is 0.487 bits per heavy atom. The van der Waals surface area contributed by atoms with Crippen LogP contribution in [0, 0.1) is 29.1 Å². The van der Waals surface area contributed by atoms with Gasteiger partial charge >= 0.3 is 11.9 Å². The maximum Gasteiger partial charge on any atom is 0.306 e. The van der Waals surface area contributed by atoms with Gasteiger partial charge in [-0.3, -0.25) is 9.59 Å². The third kappa shape index (κ3) is 15.2. The van der Waals surface area contributed by atoms with Crippen molar-refractivity contribution >= 4 is 11.9 Å². The molecule has 0 saturated heterocycles. The van der Waals surface area contributed by atoms with E-state index in [0.29, 0.717) is 25.9 Å². The number of hydrogen-bond acceptors (Lipinski definition) is 4. The quantitative estimate of drug-likeness (QED) is 0.0437. The fraction of sp³-hybridized carbons (Fsp3) is 0.733. The summed E-state index contributed by atoms with van der Waals surface area (Å²) < 4.78 is 76.4. The number of halogens is 5. The summed E-state index contributed by atoms with van der Waals surface area (Å²) in [6, 6.07) is 0. The van der Waals surface area contributed by atoms with E-state index < -0.39 is 47.2 Å². The number of hydrogen-bond donors (Lipinski definition) is 0. The third-order valence-corrected chi connectivity index (χ3v) is 6.70. The highest BCUT2D eigenvalue weighted by Gasteiger charge is 2.26. The molecule has 9 heteroatoms. The van der Waals surface area contributed by atoms with Crippen LogP contribution in [0.25, 0.3) is 0 Å². The molecule has 1 aromatic rings. The number of ether oxygens (including phenoxy) is 2. The first-order valence-corrected chi connectivity index (χ1v) is 14.6. The van der Waals surface area contributed by atoms with E-state index in [4.69, 9.17) is 4.74 Å². The van der Waals surface area contributed by atoms with Crippen LogP contribution >= 0.6 is 0 Å². The second kappa shape index (κ2) is 21.6. The summed E-state index contributed by atoms with van der Waals surface area (Å²) >= 11 is 0. The summed E-state index contributed by atoms with van der Waals surface area (Å²) in [4.78, 5) is 23.5. The van der Waals surface area contributed by atoms with E-state index in [0.717, 1.165) is 19.3 Å². The van der Waals surface area contributed by atoms with Gasteiger partial charge in [-0.15, -0.1) is 0 Å². The van der Waals surface area contributed by atoms with Gasteiger partial charge in [0.1, 0.15) is 6.61 Å². The van der Waals surface area contributed by atoms with Crippen LogP contribution in [0.1, 0.15) is 134 Å². The Hall–Kier alpha value is -2.19. The van der Waals surface area contributed by atoms with Gasteiger partial charge in [-0.2, -0.15) is 0 Å². The first-order valence-electron chi connectivity index (χ1n) is 14.6. The minimum absolute atomic E-state index is 0.108. The van der Waals surface area contributed by atoms with E-state index in [2.05, 4.69) is 11.7 Å². The Labute approximate surface area is 230 Å². The molecule has 0 unspecified atom stereocenters. The monoisotopic (exact) mass is 564 g/mol. The lowest BCUT2D eigenvalue weighted by Gasteiger charge is -2.09. The van der Waals surface area contributed by atoms with Gasteiger partial charge in [-0.1, -0.05) is 96.8 Å². The molecule has 0 saturated carbocycles. The van der Waals surface area contributed by atoms with Crippen molar-refractivity contribution < 1.29 is 41.0 Å². The van der Waals surface area contributed by atoms with Crippen molar-refractivity contribution in [2.75, 3.05) is 6.61 Å². The molecule has 0 fully saturated rings. The molecule has 0 heterocycles. The number of carbonyl (C=O) groups is 2. The summed E-state index contributed by atoms with van der Waals surface area (Å²) in [5, 5.41) is 0. The number of esters is 2. The van der Waals surface area contributed by atoms with E-state index in [1.54, 1.807) is 0 Å². The van der Waals surface area contributed by atoms with Gasteiger partial charge in [-0.25, -0.2) is 22.0 Å². The second-order valence-corrected chi connectivity index (χ2v) is 10.1. The SMILES string of the molecule is CCCCCCCCCCCCCCCCOC(=O)CCCCCC(=O)OCc1c(F)c(F)c(F)c(F)c1F. The molecule has 0 spiro atoms. The van der Waals surface area contributed by atoms with E-state index in [9.17, 15) is 31.5 Å². The highest BCUT2D eigenvalue weighted by molar-refractivity contribution is 5.70. The minimum atomic E-state index is -2.27. The molecular weight excluding hydrogens is 519 g/mol. The molecule has 0 aliphatic rings. The average molecular weight is 565 g/mol.